The molecule has 0 fully saturated rings. The van der Waals surface area contributed by atoms with E-state index in [1.54, 1.807) is 12.1 Å². The van der Waals surface area contributed by atoms with Gasteiger partial charge in [-0.3, -0.25) is 0 Å². The molecule has 0 aliphatic rings. The fourth-order valence-corrected chi connectivity index (χ4v) is 2.41. The smallest absolute Gasteiger partial charge is 0.337 e. The summed E-state index contributed by atoms with van der Waals surface area (Å²) in [6.45, 7) is 3.01. The first-order valence-electron chi connectivity index (χ1n) is 7.01. The van der Waals surface area contributed by atoms with Gasteiger partial charge in [-0.2, -0.15) is 0 Å². The Hall–Kier alpha value is -1.88. The van der Waals surface area contributed by atoms with E-state index in [9.17, 15) is 9.90 Å². The lowest BCUT2D eigenvalue weighted by atomic mass is 10.2. The number of unbranched alkanes of at least 4 members (excludes halogenated alkanes) is 1. The molecule has 0 radical (unpaired) electrons. The maximum absolute atomic E-state index is 11.3. The summed E-state index contributed by atoms with van der Waals surface area (Å²) in [6, 6.07) is 5.25. The molecule has 2 rings (SSSR count). The Morgan fingerprint density at radius 1 is 1.35 bits per heavy atom. The van der Waals surface area contributed by atoms with Crippen LogP contribution in [0.15, 0.2) is 18.2 Å². The normalized spacial score (nSPS) is 11.1. The summed E-state index contributed by atoms with van der Waals surface area (Å²) in [5, 5.41) is 18.1. The van der Waals surface area contributed by atoms with Gasteiger partial charge in [0, 0.05) is 19.6 Å². The van der Waals surface area contributed by atoms with Gasteiger partial charge < -0.3 is 14.8 Å². The van der Waals surface area contributed by atoms with Crippen molar-refractivity contribution in [2.24, 2.45) is 0 Å². The highest BCUT2D eigenvalue weighted by Gasteiger charge is 2.16. The minimum atomic E-state index is -0.946. The maximum atomic E-state index is 11.3. The van der Waals surface area contributed by atoms with Crippen LogP contribution in [-0.2, 0) is 13.0 Å². The van der Waals surface area contributed by atoms with Crippen molar-refractivity contribution in [2.45, 2.75) is 39.2 Å². The van der Waals surface area contributed by atoms with E-state index in [1.165, 1.54) is 0 Å². The molecule has 0 saturated heterocycles. The molecule has 2 N–H and O–H groups in total. The van der Waals surface area contributed by atoms with Crippen molar-refractivity contribution in [3.8, 4) is 0 Å². The van der Waals surface area contributed by atoms with Crippen LogP contribution in [0.25, 0.3) is 11.0 Å². The molecule has 5 nitrogen and oxygen atoms in total. The number of aromatic carboxylic acids is 1. The predicted molar refractivity (Wildman–Crippen MR) is 77.0 cm³/mol. The van der Waals surface area contributed by atoms with E-state index in [0.29, 0.717) is 5.52 Å². The number of aliphatic hydroxyl groups is 1. The maximum Gasteiger partial charge on any atom is 0.337 e. The van der Waals surface area contributed by atoms with Gasteiger partial charge in [-0.15, -0.1) is 0 Å². The van der Waals surface area contributed by atoms with E-state index in [0.717, 1.165) is 43.6 Å². The largest absolute Gasteiger partial charge is 0.478 e. The molecule has 0 aliphatic heterocycles. The Morgan fingerprint density at radius 2 is 2.15 bits per heavy atom. The quantitative estimate of drug-likeness (QED) is 0.762. The third-order valence-electron chi connectivity index (χ3n) is 3.35. The number of hydrogen-bond donors (Lipinski definition) is 2. The summed E-state index contributed by atoms with van der Waals surface area (Å²) in [5.41, 5.74) is 1.68. The fourth-order valence-electron chi connectivity index (χ4n) is 2.41. The molecular formula is C15H20N2O3. The first-order valence-corrected chi connectivity index (χ1v) is 7.01. The number of imidazole rings is 1. The molecule has 0 spiro atoms. The first kappa shape index (κ1) is 14.5. The summed E-state index contributed by atoms with van der Waals surface area (Å²) in [4.78, 5) is 15.8. The van der Waals surface area contributed by atoms with Gasteiger partial charge in [0.15, 0.2) is 0 Å². The molecule has 0 unspecified atom stereocenters. The van der Waals surface area contributed by atoms with Crippen LogP contribution in [0.1, 0.15) is 42.4 Å². The molecular weight excluding hydrogens is 256 g/mol. The van der Waals surface area contributed by atoms with Crippen molar-refractivity contribution in [2.75, 3.05) is 6.61 Å². The van der Waals surface area contributed by atoms with Crippen molar-refractivity contribution in [3.05, 3.63) is 29.6 Å². The molecule has 0 saturated carbocycles. The van der Waals surface area contributed by atoms with Crippen LogP contribution in [0.3, 0.4) is 0 Å². The zero-order valence-electron chi connectivity index (χ0n) is 11.7. The van der Waals surface area contributed by atoms with Crippen LogP contribution < -0.4 is 0 Å². The van der Waals surface area contributed by atoms with Gasteiger partial charge in [0.25, 0.3) is 0 Å². The Bertz CT molecular complexity index is 604. The second kappa shape index (κ2) is 6.52. The van der Waals surface area contributed by atoms with Crippen LogP contribution in [0.5, 0.6) is 0 Å². The monoisotopic (exact) mass is 276 g/mol. The fraction of sp³-hybridized carbons (Fsp3) is 0.467. The summed E-state index contributed by atoms with van der Waals surface area (Å²) in [6.07, 6.45) is 3.39. The van der Waals surface area contributed by atoms with Crippen LogP contribution in [0, 0.1) is 0 Å². The van der Waals surface area contributed by atoms with E-state index in [-0.39, 0.29) is 12.2 Å². The molecule has 0 atom stereocenters. The zero-order valence-corrected chi connectivity index (χ0v) is 11.7. The number of fused-ring (bicyclic) bond motifs is 1. The second-order valence-corrected chi connectivity index (χ2v) is 4.84. The topological polar surface area (TPSA) is 75.3 Å². The third-order valence-corrected chi connectivity index (χ3v) is 3.35. The highest BCUT2D eigenvalue weighted by Crippen LogP contribution is 2.22. The lowest BCUT2D eigenvalue weighted by Gasteiger charge is -2.08. The van der Waals surface area contributed by atoms with E-state index in [1.807, 2.05) is 6.07 Å². The molecule has 5 heteroatoms. The third kappa shape index (κ3) is 2.82. The Balaban J connectivity index is 2.48. The molecule has 0 amide bonds. The van der Waals surface area contributed by atoms with Crippen molar-refractivity contribution in [3.63, 3.8) is 0 Å². The number of aromatic nitrogens is 2. The highest BCUT2D eigenvalue weighted by atomic mass is 16.4. The molecule has 108 valence electrons. The number of benzene rings is 1. The van der Waals surface area contributed by atoms with Crippen molar-refractivity contribution in [1.29, 1.82) is 0 Å². The minimum Gasteiger partial charge on any atom is -0.478 e. The van der Waals surface area contributed by atoms with E-state index in [4.69, 9.17) is 5.11 Å². The van der Waals surface area contributed by atoms with Crippen LogP contribution >= 0.6 is 0 Å². The molecule has 1 heterocycles. The number of aliphatic hydroxyl groups excluding tert-OH is 1. The van der Waals surface area contributed by atoms with Gasteiger partial charge in [0.1, 0.15) is 11.3 Å². The number of carbonyl (C=O) groups is 1. The van der Waals surface area contributed by atoms with Gasteiger partial charge >= 0.3 is 5.97 Å². The van der Waals surface area contributed by atoms with Crippen molar-refractivity contribution in [1.82, 2.24) is 9.55 Å². The first-order chi connectivity index (χ1) is 9.69. The van der Waals surface area contributed by atoms with E-state index in [2.05, 4.69) is 16.5 Å². The van der Waals surface area contributed by atoms with Gasteiger partial charge in [-0.25, -0.2) is 9.78 Å². The van der Waals surface area contributed by atoms with Crippen LogP contribution in [0.4, 0.5) is 0 Å². The van der Waals surface area contributed by atoms with Gasteiger partial charge in [-0.1, -0.05) is 13.0 Å². The predicted octanol–water partition coefficient (Wildman–Crippen LogP) is 2.46. The number of nitrogens with zero attached hydrogens (tertiary/aromatic N) is 2. The Morgan fingerprint density at radius 3 is 2.80 bits per heavy atom. The van der Waals surface area contributed by atoms with Crippen molar-refractivity contribution < 1.29 is 15.0 Å². The average Bonchev–Trinajstić information content (AvgIpc) is 2.77. The molecule has 0 bridgehead atoms. The standard InChI is InChI=1S/C15H20N2O3/c1-2-6-13-16-14-11(15(19)20)7-5-8-12(14)17(13)9-3-4-10-18/h5,7-8,18H,2-4,6,9-10H2,1H3,(H,19,20). The zero-order chi connectivity index (χ0) is 14.5. The van der Waals surface area contributed by atoms with Crippen LogP contribution in [-0.4, -0.2) is 32.3 Å². The average molecular weight is 276 g/mol. The van der Waals surface area contributed by atoms with Crippen molar-refractivity contribution >= 4 is 17.0 Å². The summed E-state index contributed by atoms with van der Waals surface area (Å²) >= 11 is 0. The SMILES string of the molecule is CCCc1nc2c(C(=O)O)cccc2n1CCCCO. The Kier molecular flexibility index (Phi) is 4.74. The summed E-state index contributed by atoms with van der Waals surface area (Å²) in [7, 11) is 0. The van der Waals surface area contributed by atoms with E-state index >= 15 is 0 Å². The lowest BCUT2D eigenvalue weighted by Crippen LogP contribution is -2.04. The molecule has 20 heavy (non-hydrogen) atoms. The van der Waals surface area contributed by atoms with Gasteiger partial charge in [-0.05, 0) is 31.4 Å². The Labute approximate surface area is 117 Å². The molecule has 0 aliphatic carbocycles. The lowest BCUT2D eigenvalue weighted by molar-refractivity contribution is 0.0699. The number of para-hydroxylation sites is 1. The highest BCUT2D eigenvalue weighted by molar-refractivity contribution is 6.01. The van der Waals surface area contributed by atoms with Gasteiger partial charge in [0.05, 0.1) is 11.1 Å². The summed E-state index contributed by atoms with van der Waals surface area (Å²) in [5.74, 6) is -0.0206. The number of aryl methyl sites for hydroxylation is 2. The second-order valence-electron chi connectivity index (χ2n) is 4.84. The number of carboxylic acid groups (broad SMARTS) is 1. The number of rotatable bonds is 7. The van der Waals surface area contributed by atoms with E-state index < -0.39 is 5.97 Å². The minimum absolute atomic E-state index is 0.177. The molecule has 2 aromatic rings. The number of carboxylic acids is 1. The van der Waals surface area contributed by atoms with Crippen LogP contribution in [0.2, 0.25) is 0 Å². The summed E-state index contributed by atoms with van der Waals surface area (Å²) < 4.78 is 2.08. The van der Waals surface area contributed by atoms with Gasteiger partial charge in [0.2, 0.25) is 0 Å². The molecule has 1 aromatic heterocycles. The molecule has 1 aromatic carbocycles. The number of hydrogen-bond acceptors (Lipinski definition) is 3.